The van der Waals surface area contributed by atoms with Crippen molar-refractivity contribution in [2.45, 2.75) is 12.8 Å². The molecule has 0 N–H and O–H groups in total. The van der Waals surface area contributed by atoms with Crippen molar-refractivity contribution >= 4 is 44.2 Å². The van der Waals surface area contributed by atoms with Crippen LogP contribution >= 0.6 is 38.5 Å². The molecule has 1 heterocycles. The van der Waals surface area contributed by atoms with Crippen LogP contribution < -0.4 is 4.90 Å². The number of halogens is 2. The van der Waals surface area contributed by atoms with Crippen molar-refractivity contribution in [1.29, 1.82) is 0 Å². The van der Waals surface area contributed by atoms with E-state index < -0.39 is 0 Å². The Hall–Kier alpha value is 0.230. The lowest BCUT2D eigenvalue weighted by Gasteiger charge is -2.19. The molecule has 13 heavy (non-hydrogen) atoms. The van der Waals surface area contributed by atoms with Gasteiger partial charge < -0.3 is 4.90 Å². The van der Waals surface area contributed by atoms with Crippen LogP contribution in [-0.4, -0.2) is 13.1 Å². The lowest BCUT2D eigenvalue weighted by molar-refractivity contribution is 0.949. The maximum atomic E-state index is 3.51. The van der Waals surface area contributed by atoms with E-state index in [4.69, 9.17) is 0 Å². The van der Waals surface area contributed by atoms with E-state index in [0.29, 0.717) is 0 Å². The minimum Gasteiger partial charge on any atom is -0.371 e. The summed E-state index contributed by atoms with van der Waals surface area (Å²) in [7, 11) is 0. The van der Waals surface area contributed by atoms with E-state index in [0.717, 1.165) is 0 Å². The minimum atomic E-state index is 1.18. The molecule has 0 unspecified atom stereocenters. The first-order chi connectivity index (χ1) is 6.27. The first-order valence-corrected chi connectivity index (χ1v) is 6.34. The number of hydrogen-bond acceptors (Lipinski definition) is 1. The molecule has 0 amide bonds. The van der Waals surface area contributed by atoms with Gasteiger partial charge in [0, 0.05) is 21.1 Å². The molecule has 3 heteroatoms. The minimum absolute atomic E-state index is 1.18. The van der Waals surface area contributed by atoms with Gasteiger partial charge in [0.1, 0.15) is 0 Å². The van der Waals surface area contributed by atoms with E-state index >= 15 is 0 Å². The zero-order valence-electron chi connectivity index (χ0n) is 7.26. The van der Waals surface area contributed by atoms with Crippen molar-refractivity contribution in [1.82, 2.24) is 0 Å². The lowest BCUT2D eigenvalue weighted by Crippen LogP contribution is -2.18. The zero-order valence-corrected chi connectivity index (χ0v) is 11.0. The number of rotatable bonds is 1. The van der Waals surface area contributed by atoms with Gasteiger partial charge in [0.15, 0.2) is 0 Å². The fourth-order valence-electron chi connectivity index (χ4n) is 1.69. The monoisotopic (exact) mass is 351 g/mol. The molecule has 70 valence electrons. The summed E-state index contributed by atoms with van der Waals surface area (Å²) >= 11 is 5.92. The van der Waals surface area contributed by atoms with Crippen LogP contribution in [0.25, 0.3) is 0 Å². The van der Waals surface area contributed by atoms with Gasteiger partial charge in [-0.15, -0.1) is 0 Å². The van der Waals surface area contributed by atoms with Gasteiger partial charge in [-0.3, -0.25) is 0 Å². The average molecular weight is 352 g/mol. The smallest absolute Gasteiger partial charge is 0.0513 e. The Morgan fingerprint density at radius 3 is 2.62 bits per heavy atom. The summed E-state index contributed by atoms with van der Waals surface area (Å²) in [6, 6.07) is 6.48. The summed E-state index contributed by atoms with van der Waals surface area (Å²) < 4.78 is 2.53. The standard InChI is InChI=1S/C10H11BrIN/c11-8-3-4-9(12)10(7-8)13-5-1-2-6-13/h3-4,7H,1-2,5-6H2. The van der Waals surface area contributed by atoms with Crippen molar-refractivity contribution in [2.75, 3.05) is 18.0 Å². The van der Waals surface area contributed by atoms with E-state index in [9.17, 15) is 0 Å². The largest absolute Gasteiger partial charge is 0.371 e. The molecular weight excluding hydrogens is 341 g/mol. The highest BCUT2D eigenvalue weighted by Crippen LogP contribution is 2.28. The summed E-state index contributed by atoms with van der Waals surface area (Å²) in [4.78, 5) is 2.46. The molecule has 0 bridgehead atoms. The summed E-state index contributed by atoms with van der Waals surface area (Å²) in [6.07, 6.45) is 2.67. The van der Waals surface area contributed by atoms with Crippen LogP contribution in [0.3, 0.4) is 0 Å². The Morgan fingerprint density at radius 1 is 1.23 bits per heavy atom. The molecule has 1 saturated heterocycles. The molecule has 0 saturated carbocycles. The SMILES string of the molecule is Brc1ccc(I)c(N2CCCC2)c1. The van der Waals surface area contributed by atoms with Gasteiger partial charge in [0.2, 0.25) is 0 Å². The molecule has 0 aromatic heterocycles. The second-order valence-corrected chi connectivity index (χ2v) is 5.37. The number of anilines is 1. The maximum absolute atomic E-state index is 3.51. The quantitative estimate of drug-likeness (QED) is 0.698. The number of benzene rings is 1. The van der Waals surface area contributed by atoms with Crippen molar-refractivity contribution in [3.05, 3.63) is 26.2 Å². The highest BCUT2D eigenvalue weighted by molar-refractivity contribution is 14.1. The molecule has 0 radical (unpaired) electrons. The maximum Gasteiger partial charge on any atom is 0.0513 e. The number of hydrogen-bond donors (Lipinski definition) is 0. The molecule has 1 aliphatic rings. The average Bonchev–Trinajstić information content (AvgIpc) is 2.61. The van der Waals surface area contributed by atoms with Gasteiger partial charge in [-0.25, -0.2) is 0 Å². The summed E-state index contributed by atoms with van der Waals surface area (Å²) in [6.45, 7) is 2.43. The van der Waals surface area contributed by atoms with Gasteiger partial charge >= 0.3 is 0 Å². The third-order valence-electron chi connectivity index (χ3n) is 2.35. The Morgan fingerprint density at radius 2 is 1.92 bits per heavy atom. The summed E-state index contributed by atoms with van der Waals surface area (Å²) in [5, 5.41) is 0. The van der Waals surface area contributed by atoms with Crippen LogP contribution in [0.5, 0.6) is 0 Å². The molecular formula is C10H11BrIN. The molecule has 1 nitrogen and oxygen atoms in total. The second kappa shape index (κ2) is 4.17. The third-order valence-corrected chi connectivity index (χ3v) is 3.76. The summed E-state index contributed by atoms with van der Waals surface area (Å²) in [5.74, 6) is 0. The molecule has 1 aliphatic heterocycles. The van der Waals surface area contributed by atoms with Gasteiger partial charge in [-0.2, -0.15) is 0 Å². The highest BCUT2D eigenvalue weighted by Gasteiger charge is 2.14. The fourth-order valence-corrected chi connectivity index (χ4v) is 2.71. The van der Waals surface area contributed by atoms with Crippen LogP contribution in [0, 0.1) is 3.57 Å². The van der Waals surface area contributed by atoms with Gasteiger partial charge in [-0.05, 0) is 53.6 Å². The van der Waals surface area contributed by atoms with E-state index in [2.05, 4.69) is 61.6 Å². The fraction of sp³-hybridized carbons (Fsp3) is 0.400. The molecule has 2 rings (SSSR count). The van der Waals surface area contributed by atoms with Crippen molar-refractivity contribution < 1.29 is 0 Å². The van der Waals surface area contributed by atoms with E-state index in [1.54, 1.807) is 0 Å². The van der Waals surface area contributed by atoms with Crippen molar-refractivity contribution in [3.63, 3.8) is 0 Å². The van der Waals surface area contributed by atoms with Gasteiger partial charge in [0.25, 0.3) is 0 Å². The predicted octanol–water partition coefficient (Wildman–Crippen LogP) is 3.65. The molecule has 0 atom stereocenters. The lowest BCUT2D eigenvalue weighted by atomic mass is 10.3. The zero-order chi connectivity index (χ0) is 9.26. The van der Waals surface area contributed by atoms with Gasteiger partial charge in [-0.1, -0.05) is 15.9 Å². The molecule has 0 aliphatic carbocycles. The topological polar surface area (TPSA) is 3.24 Å². The van der Waals surface area contributed by atoms with Crippen molar-refractivity contribution in [3.8, 4) is 0 Å². The Kier molecular flexibility index (Phi) is 3.14. The first-order valence-electron chi connectivity index (χ1n) is 4.47. The second-order valence-electron chi connectivity index (χ2n) is 3.29. The van der Waals surface area contributed by atoms with Crippen LogP contribution in [0.2, 0.25) is 0 Å². The number of nitrogens with zero attached hydrogens (tertiary/aromatic N) is 1. The molecule has 1 aromatic carbocycles. The molecule has 1 fully saturated rings. The van der Waals surface area contributed by atoms with Crippen LogP contribution in [-0.2, 0) is 0 Å². The normalized spacial score (nSPS) is 16.6. The Bertz CT molecular complexity index is 308. The Balaban J connectivity index is 2.32. The van der Waals surface area contributed by atoms with Crippen LogP contribution in [0.4, 0.5) is 5.69 Å². The predicted molar refractivity (Wildman–Crippen MR) is 68.3 cm³/mol. The Labute approximate surface area is 101 Å². The van der Waals surface area contributed by atoms with Crippen molar-refractivity contribution in [2.24, 2.45) is 0 Å². The van der Waals surface area contributed by atoms with Gasteiger partial charge in [0.05, 0.1) is 5.69 Å². The van der Waals surface area contributed by atoms with E-state index in [-0.39, 0.29) is 0 Å². The van der Waals surface area contributed by atoms with Crippen LogP contribution in [0.15, 0.2) is 22.7 Å². The highest BCUT2D eigenvalue weighted by atomic mass is 127. The van der Waals surface area contributed by atoms with Crippen LogP contribution in [0.1, 0.15) is 12.8 Å². The van der Waals surface area contributed by atoms with E-state index in [1.807, 2.05) is 0 Å². The molecule has 1 aromatic rings. The third kappa shape index (κ3) is 2.18. The molecule has 0 spiro atoms. The summed E-state index contributed by atoms with van der Waals surface area (Å²) in [5.41, 5.74) is 1.38. The first kappa shape index (κ1) is 9.77. The van der Waals surface area contributed by atoms with E-state index in [1.165, 1.54) is 39.7 Å².